The molecule has 6 aliphatic carbocycles. The lowest BCUT2D eigenvalue weighted by Crippen LogP contribution is -2.59. The Morgan fingerprint density at radius 3 is 1.32 bits per heavy atom. The Hall–Kier alpha value is -0.0800. The van der Waals surface area contributed by atoms with Crippen molar-refractivity contribution < 1.29 is 10.2 Å². The molecule has 0 radical (unpaired) electrons. The summed E-state index contributed by atoms with van der Waals surface area (Å²) in [4.78, 5) is 0. The number of hydrogen-bond acceptors (Lipinski definition) is 2. The Balaban J connectivity index is 1.41. The van der Waals surface area contributed by atoms with Crippen LogP contribution in [0.4, 0.5) is 0 Å². The minimum Gasteiger partial charge on any atom is -0.387 e. The van der Waals surface area contributed by atoms with E-state index < -0.39 is 11.2 Å². The van der Waals surface area contributed by atoms with E-state index in [9.17, 15) is 10.2 Å². The molecule has 0 aromatic rings. The summed E-state index contributed by atoms with van der Waals surface area (Å²) in [6, 6.07) is 0. The maximum atomic E-state index is 11.9. The standard InChI is InChI=1S/C20H30O2/c21-19(9-13-3-1-11-5-7-15(19)17(11)13)20(22)10-14-4-2-12-6-8-16(20)18(12)14/h11-18,21-22H,1-10H2. The second-order valence-electron chi connectivity index (χ2n) is 9.97. The molecule has 6 fully saturated rings. The van der Waals surface area contributed by atoms with Crippen LogP contribution in [0.5, 0.6) is 0 Å². The molecule has 0 heterocycles. The molecular formula is C20H30O2. The van der Waals surface area contributed by atoms with Crippen molar-refractivity contribution in [1.29, 1.82) is 0 Å². The van der Waals surface area contributed by atoms with Crippen molar-refractivity contribution in [2.24, 2.45) is 47.3 Å². The summed E-state index contributed by atoms with van der Waals surface area (Å²) in [6.07, 6.45) is 12.3. The van der Waals surface area contributed by atoms with E-state index in [-0.39, 0.29) is 0 Å². The van der Waals surface area contributed by atoms with E-state index in [1.54, 1.807) is 0 Å². The zero-order chi connectivity index (χ0) is 14.7. The van der Waals surface area contributed by atoms with Crippen LogP contribution in [-0.4, -0.2) is 21.4 Å². The summed E-state index contributed by atoms with van der Waals surface area (Å²) in [5.41, 5.74) is -1.47. The van der Waals surface area contributed by atoms with Crippen molar-refractivity contribution >= 4 is 0 Å². The van der Waals surface area contributed by atoms with Gasteiger partial charge in [0.2, 0.25) is 0 Å². The third-order valence-corrected chi connectivity index (χ3v) is 9.74. The van der Waals surface area contributed by atoms with E-state index in [0.29, 0.717) is 11.8 Å². The van der Waals surface area contributed by atoms with Crippen LogP contribution in [0.2, 0.25) is 0 Å². The summed E-state index contributed by atoms with van der Waals surface area (Å²) >= 11 is 0. The molecule has 10 unspecified atom stereocenters. The van der Waals surface area contributed by atoms with Gasteiger partial charge < -0.3 is 10.2 Å². The second kappa shape index (κ2) is 3.94. The Kier molecular flexibility index (Phi) is 2.37. The Morgan fingerprint density at radius 1 is 0.500 bits per heavy atom. The average Bonchev–Trinajstić information content (AvgIpc) is 3.24. The highest BCUT2D eigenvalue weighted by atomic mass is 16.4. The van der Waals surface area contributed by atoms with Crippen LogP contribution in [0.1, 0.15) is 64.2 Å². The van der Waals surface area contributed by atoms with Crippen molar-refractivity contribution in [3.63, 3.8) is 0 Å². The average molecular weight is 302 g/mol. The molecule has 0 aliphatic heterocycles. The molecule has 0 aromatic heterocycles. The predicted octanol–water partition coefficient (Wildman–Crippen LogP) is 3.36. The van der Waals surface area contributed by atoms with Crippen molar-refractivity contribution in [3.8, 4) is 0 Å². The molecular weight excluding hydrogens is 272 g/mol. The van der Waals surface area contributed by atoms with Crippen LogP contribution < -0.4 is 0 Å². The van der Waals surface area contributed by atoms with Crippen LogP contribution >= 0.6 is 0 Å². The van der Waals surface area contributed by atoms with Crippen LogP contribution in [0.25, 0.3) is 0 Å². The van der Waals surface area contributed by atoms with Gasteiger partial charge in [0.1, 0.15) is 0 Å². The SMILES string of the molecule is OC1(C2(O)CC3CCC4CCC2C43)CC2CCC3CCC1C32. The lowest BCUT2D eigenvalue weighted by molar-refractivity contribution is -0.194. The van der Waals surface area contributed by atoms with Crippen molar-refractivity contribution in [2.45, 2.75) is 75.4 Å². The van der Waals surface area contributed by atoms with E-state index in [1.165, 1.54) is 51.4 Å². The summed E-state index contributed by atoms with van der Waals surface area (Å²) in [5, 5.41) is 23.7. The van der Waals surface area contributed by atoms with E-state index >= 15 is 0 Å². The molecule has 22 heavy (non-hydrogen) atoms. The van der Waals surface area contributed by atoms with Crippen molar-refractivity contribution in [2.75, 3.05) is 0 Å². The molecule has 122 valence electrons. The van der Waals surface area contributed by atoms with Gasteiger partial charge in [-0.3, -0.25) is 0 Å². The van der Waals surface area contributed by atoms with Crippen molar-refractivity contribution in [3.05, 3.63) is 0 Å². The van der Waals surface area contributed by atoms with Gasteiger partial charge in [-0.1, -0.05) is 0 Å². The highest BCUT2D eigenvalue weighted by Crippen LogP contribution is 2.71. The Labute approximate surface area is 133 Å². The topological polar surface area (TPSA) is 40.5 Å². The summed E-state index contributed by atoms with van der Waals surface area (Å²) in [6.45, 7) is 0. The first kappa shape index (κ1) is 13.2. The molecule has 0 aromatic carbocycles. The first-order chi connectivity index (χ1) is 10.6. The molecule has 2 N–H and O–H groups in total. The first-order valence-corrected chi connectivity index (χ1v) is 10.1. The number of hydrogen-bond donors (Lipinski definition) is 2. The lowest BCUT2D eigenvalue weighted by atomic mass is 9.67. The zero-order valence-corrected chi connectivity index (χ0v) is 13.6. The number of rotatable bonds is 1. The highest BCUT2D eigenvalue weighted by Gasteiger charge is 2.73. The molecule has 6 saturated carbocycles. The summed E-state index contributed by atoms with van der Waals surface area (Å²) in [5.74, 6) is 5.57. The van der Waals surface area contributed by atoms with Gasteiger partial charge in [0.15, 0.2) is 0 Å². The fourth-order valence-electron chi connectivity index (χ4n) is 9.24. The summed E-state index contributed by atoms with van der Waals surface area (Å²) in [7, 11) is 0. The number of aliphatic hydroxyl groups is 2. The minimum absolute atomic E-state index is 0.424. The van der Waals surface area contributed by atoms with E-state index in [2.05, 4.69) is 0 Å². The molecule has 0 saturated heterocycles. The third kappa shape index (κ3) is 1.27. The van der Waals surface area contributed by atoms with Gasteiger partial charge in [0, 0.05) is 0 Å². The maximum absolute atomic E-state index is 11.9. The molecule has 10 atom stereocenters. The monoisotopic (exact) mass is 302 g/mol. The third-order valence-electron chi connectivity index (χ3n) is 9.74. The van der Waals surface area contributed by atoms with Gasteiger partial charge >= 0.3 is 0 Å². The predicted molar refractivity (Wildman–Crippen MR) is 84.0 cm³/mol. The van der Waals surface area contributed by atoms with Crippen LogP contribution in [0.15, 0.2) is 0 Å². The zero-order valence-electron chi connectivity index (χ0n) is 13.6. The molecule has 6 rings (SSSR count). The van der Waals surface area contributed by atoms with Gasteiger partial charge in [-0.05, 0) is 112 Å². The van der Waals surface area contributed by atoms with Crippen LogP contribution in [-0.2, 0) is 0 Å². The lowest BCUT2D eigenvalue weighted by Gasteiger charge is -2.47. The van der Waals surface area contributed by atoms with Gasteiger partial charge in [-0.2, -0.15) is 0 Å². The fourth-order valence-corrected chi connectivity index (χ4v) is 9.24. The van der Waals surface area contributed by atoms with Crippen molar-refractivity contribution in [1.82, 2.24) is 0 Å². The van der Waals surface area contributed by atoms with Gasteiger partial charge in [0.25, 0.3) is 0 Å². The molecule has 6 aliphatic rings. The van der Waals surface area contributed by atoms with Crippen LogP contribution in [0, 0.1) is 47.3 Å². The minimum atomic E-state index is -0.735. The smallest absolute Gasteiger partial charge is 0.0969 e. The largest absolute Gasteiger partial charge is 0.387 e. The quantitative estimate of drug-likeness (QED) is 0.780. The second-order valence-corrected chi connectivity index (χ2v) is 9.97. The molecule has 2 nitrogen and oxygen atoms in total. The summed E-state index contributed by atoms with van der Waals surface area (Å²) < 4.78 is 0. The molecule has 0 bridgehead atoms. The van der Waals surface area contributed by atoms with Crippen LogP contribution in [0.3, 0.4) is 0 Å². The molecule has 0 spiro atoms. The van der Waals surface area contributed by atoms with Gasteiger partial charge in [-0.25, -0.2) is 0 Å². The molecule has 0 amide bonds. The first-order valence-electron chi connectivity index (χ1n) is 10.1. The van der Waals surface area contributed by atoms with E-state index in [0.717, 1.165) is 48.3 Å². The Bertz CT molecular complexity index is 472. The normalized spacial score (nSPS) is 67.9. The Morgan fingerprint density at radius 2 is 0.864 bits per heavy atom. The van der Waals surface area contributed by atoms with Gasteiger partial charge in [0.05, 0.1) is 11.2 Å². The maximum Gasteiger partial charge on any atom is 0.0969 e. The van der Waals surface area contributed by atoms with E-state index in [1.807, 2.05) is 0 Å². The molecule has 2 heteroatoms. The fraction of sp³-hybridized carbons (Fsp3) is 1.00. The van der Waals surface area contributed by atoms with E-state index in [4.69, 9.17) is 0 Å². The highest BCUT2D eigenvalue weighted by molar-refractivity contribution is 5.23. The van der Waals surface area contributed by atoms with Gasteiger partial charge in [-0.15, -0.1) is 0 Å².